The van der Waals surface area contributed by atoms with E-state index < -0.39 is 0 Å². The molecule has 0 saturated carbocycles. The van der Waals surface area contributed by atoms with Gasteiger partial charge in [-0.1, -0.05) is 23.7 Å². The van der Waals surface area contributed by atoms with Crippen molar-refractivity contribution in [2.75, 3.05) is 13.2 Å². The van der Waals surface area contributed by atoms with Crippen LogP contribution in [0.4, 0.5) is 0 Å². The fourth-order valence-electron chi connectivity index (χ4n) is 2.14. The number of phenols is 1. The highest BCUT2D eigenvalue weighted by Gasteiger charge is 2.11. The van der Waals surface area contributed by atoms with E-state index in [-0.39, 0.29) is 17.1 Å². The van der Waals surface area contributed by atoms with Crippen LogP contribution >= 0.6 is 11.6 Å². The highest BCUT2D eigenvalue weighted by Crippen LogP contribution is 2.31. The van der Waals surface area contributed by atoms with Crippen LogP contribution in [0.2, 0.25) is 5.02 Å². The van der Waals surface area contributed by atoms with Gasteiger partial charge < -0.3 is 14.6 Å². The normalized spacial score (nSPS) is 13.3. The monoisotopic (exact) mass is 316 g/mol. The number of allylic oxidation sites excluding steroid dienone is 1. The van der Waals surface area contributed by atoms with E-state index in [0.29, 0.717) is 29.7 Å². The molecule has 5 heteroatoms. The van der Waals surface area contributed by atoms with E-state index in [0.717, 1.165) is 5.56 Å². The van der Waals surface area contributed by atoms with Gasteiger partial charge in [-0.25, -0.2) is 0 Å². The average molecular weight is 317 g/mol. The van der Waals surface area contributed by atoms with Crippen LogP contribution in [0.5, 0.6) is 17.2 Å². The highest BCUT2D eigenvalue weighted by atomic mass is 35.5. The highest BCUT2D eigenvalue weighted by molar-refractivity contribution is 6.31. The molecule has 0 fully saturated rings. The summed E-state index contributed by atoms with van der Waals surface area (Å²) in [5.41, 5.74) is 1.02. The molecule has 0 aliphatic carbocycles. The van der Waals surface area contributed by atoms with Crippen molar-refractivity contribution in [3.05, 3.63) is 58.6 Å². The minimum atomic E-state index is -0.302. The molecule has 1 aliphatic rings. The summed E-state index contributed by atoms with van der Waals surface area (Å²) < 4.78 is 10.9. The van der Waals surface area contributed by atoms with Gasteiger partial charge in [0, 0.05) is 5.02 Å². The van der Waals surface area contributed by atoms with E-state index in [1.165, 1.54) is 18.2 Å². The molecule has 1 aliphatic heterocycles. The Morgan fingerprint density at radius 2 is 1.86 bits per heavy atom. The van der Waals surface area contributed by atoms with Crippen molar-refractivity contribution in [3.63, 3.8) is 0 Å². The van der Waals surface area contributed by atoms with Gasteiger partial charge >= 0.3 is 0 Å². The summed E-state index contributed by atoms with van der Waals surface area (Å²) in [5.74, 6) is 0.925. The smallest absolute Gasteiger partial charge is 0.189 e. The van der Waals surface area contributed by atoms with Crippen LogP contribution < -0.4 is 9.47 Å². The summed E-state index contributed by atoms with van der Waals surface area (Å²) in [7, 11) is 0. The number of hydrogen-bond acceptors (Lipinski definition) is 4. The van der Waals surface area contributed by atoms with Gasteiger partial charge in [-0.05, 0) is 42.0 Å². The second-order valence-corrected chi connectivity index (χ2v) is 5.20. The molecule has 4 nitrogen and oxygen atoms in total. The standard InChI is InChI=1S/C17H13ClO4/c18-12-3-4-13(15(20)10-12)14(19)5-1-11-2-6-16-17(9-11)22-8-7-21-16/h1-6,9-10,20H,7-8H2/b5-1-. The molecule has 0 atom stereocenters. The van der Waals surface area contributed by atoms with E-state index in [1.54, 1.807) is 24.3 Å². The Morgan fingerprint density at radius 1 is 1.09 bits per heavy atom. The predicted molar refractivity (Wildman–Crippen MR) is 83.9 cm³/mol. The summed E-state index contributed by atoms with van der Waals surface area (Å²) in [4.78, 5) is 12.1. The number of rotatable bonds is 3. The number of carbonyl (C=O) groups excluding carboxylic acids is 1. The number of phenolic OH excluding ortho intramolecular Hbond substituents is 1. The predicted octanol–water partition coefficient (Wildman–Crippen LogP) is 3.71. The minimum Gasteiger partial charge on any atom is -0.507 e. The first kappa shape index (κ1) is 14.5. The lowest BCUT2D eigenvalue weighted by molar-refractivity contribution is 0.104. The number of hydrogen-bond donors (Lipinski definition) is 1. The van der Waals surface area contributed by atoms with Gasteiger partial charge in [0.2, 0.25) is 0 Å². The number of halogens is 1. The van der Waals surface area contributed by atoms with Crippen LogP contribution in [0.15, 0.2) is 42.5 Å². The van der Waals surface area contributed by atoms with E-state index in [1.807, 2.05) is 6.07 Å². The number of fused-ring (bicyclic) bond motifs is 1. The van der Waals surface area contributed by atoms with Crippen molar-refractivity contribution in [2.24, 2.45) is 0 Å². The molecule has 0 amide bonds. The third kappa shape index (κ3) is 3.07. The van der Waals surface area contributed by atoms with Gasteiger partial charge in [0.15, 0.2) is 17.3 Å². The fourth-order valence-corrected chi connectivity index (χ4v) is 2.30. The van der Waals surface area contributed by atoms with Gasteiger partial charge in [0.25, 0.3) is 0 Å². The zero-order valence-electron chi connectivity index (χ0n) is 11.6. The van der Waals surface area contributed by atoms with E-state index in [9.17, 15) is 9.90 Å². The zero-order chi connectivity index (χ0) is 15.5. The molecule has 0 saturated heterocycles. The summed E-state index contributed by atoms with van der Waals surface area (Å²) in [6, 6.07) is 9.84. The summed E-state index contributed by atoms with van der Waals surface area (Å²) in [6.45, 7) is 1.05. The lowest BCUT2D eigenvalue weighted by Crippen LogP contribution is -2.15. The number of ketones is 1. The van der Waals surface area contributed by atoms with E-state index in [4.69, 9.17) is 21.1 Å². The molecule has 0 bridgehead atoms. The SMILES string of the molecule is O=C(/C=C\c1ccc2c(c1)OCCO2)c1ccc(Cl)cc1O. The first-order chi connectivity index (χ1) is 10.6. The molecular weight excluding hydrogens is 304 g/mol. The Morgan fingerprint density at radius 3 is 2.64 bits per heavy atom. The van der Waals surface area contributed by atoms with Crippen molar-refractivity contribution in [1.82, 2.24) is 0 Å². The number of carbonyl (C=O) groups is 1. The Balaban J connectivity index is 1.80. The molecule has 0 radical (unpaired) electrons. The summed E-state index contributed by atoms with van der Waals surface area (Å²) >= 11 is 5.75. The largest absolute Gasteiger partial charge is 0.507 e. The molecule has 3 rings (SSSR count). The Kier molecular flexibility index (Phi) is 4.02. The quantitative estimate of drug-likeness (QED) is 0.692. The topological polar surface area (TPSA) is 55.8 Å². The maximum Gasteiger partial charge on any atom is 0.189 e. The molecule has 0 aromatic heterocycles. The molecule has 0 spiro atoms. The Bertz CT molecular complexity index is 752. The maximum absolute atomic E-state index is 12.1. The molecule has 112 valence electrons. The molecular formula is C17H13ClO4. The van der Waals surface area contributed by atoms with Gasteiger partial charge in [-0.3, -0.25) is 4.79 Å². The number of ether oxygens (including phenoxy) is 2. The fraction of sp³-hybridized carbons (Fsp3) is 0.118. The van der Waals surface area contributed by atoms with Crippen molar-refractivity contribution in [1.29, 1.82) is 0 Å². The van der Waals surface area contributed by atoms with E-state index >= 15 is 0 Å². The maximum atomic E-state index is 12.1. The molecule has 0 unspecified atom stereocenters. The van der Waals surface area contributed by atoms with Crippen molar-refractivity contribution in [2.45, 2.75) is 0 Å². The van der Waals surface area contributed by atoms with Crippen LogP contribution in [-0.4, -0.2) is 24.1 Å². The first-order valence-electron chi connectivity index (χ1n) is 6.74. The number of aromatic hydroxyl groups is 1. The lowest BCUT2D eigenvalue weighted by atomic mass is 10.1. The average Bonchev–Trinajstić information content (AvgIpc) is 2.52. The first-order valence-corrected chi connectivity index (χ1v) is 7.12. The zero-order valence-corrected chi connectivity index (χ0v) is 12.3. The van der Waals surface area contributed by atoms with Gasteiger partial charge in [0.1, 0.15) is 19.0 Å². The van der Waals surface area contributed by atoms with Crippen LogP contribution in [0, 0.1) is 0 Å². The summed E-state index contributed by atoms with van der Waals surface area (Å²) in [5, 5.41) is 10.1. The molecule has 1 heterocycles. The molecule has 1 N–H and O–H groups in total. The van der Waals surface area contributed by atoms with Crippen LogP contribution in [0.25, 0.3) is 6.08 Å². The molecule has 22 heavy (non-hydrogen) atoms. The molecule has 2 aromatic rings. The van der Waals surface area contributed by atoms with Crippen molar-refractivity contribution in [3.8, 4) is 17.2 Å². The minimum absolute atomic E-state index is 0.135. The van der Waals surface area contributed by atoms with Crippen LogP contribution in [-0.2, 0) is 0 Å². The lowest BCUT2D eigenvalue weighted by Gasteiger charge is -2.18. The second-order valence-electron chi connectivity index (χ2n) is 4.76. The summed E-state index contributed by atoms with van der Waals surface area (Å²) in [6.07, 6.45) is 3.06. The third-order valence-electron chi connectivity index (χ3n) is 3.22. The van der Waals surface area contributed by atoms with E-state index in [2.05, 4.69) is 0 Å². The van der Waals surface area contributed by atoms with Gasteiger partial charge in [-0.15, -0.1) is 0 Å². The second kappa shape index (κ2) is 6.12. The van der Waals surface area contributed by atoms with Gasteiger partial charge in [-0.2, -0.15) is 0 Å². The Hall–Kier alpha value is -2.46. The molecule has 2 aromatic carbocycles. The van der Waals surface area contributed by atoms with Crippen molar-refractivity contribution >= 4 is 23.5 Å². The third-order valence-corrected chi connectivity index (χ3v) is 3.45. The van der Waals surface area contributed by atoms with Gasteiger partial charge in [0.05, 0.1) is 5.56 Å². The number of benzene rings is 2. The van der Waals surface area contributed by atoms with Crippen molar-refractivity contribution < 1.29 is 19.4 Å². The Labute approximate surface area is 132 Å². The van der Waals surface area contributed by atoms with Crippen LogP contribution in [0.1, 0.15) is 15.9 Å². The van der Waals surface area contributed by atoms with Crippen LogP contribution in [0.3, 0.4) is 0 Å².